The number of aliphatic carboxylic acids is 1. The van der Waals surface area contributed by atoms with Crippen molar-refractivity contribution in [3.8, 4) is 0 Å². The van der Waals surface area contributed by atoms with E-state index in [1.165, 1.54) is 0 Å². The molecule has 1 rings (SSSR count). The molecule has 0 aromatic rings. The molecule has 0 saturated carbocycles. The van der Waals surface area contributed by atoms with Crippen LogP contribution < -0.4 is 10.6 Å². The quantitative estimate of drug-likeness (QED) is 0.588. The van der Waals surface area contributed by atoms with Gasteiger partial charge in [0.25, 0.3) is 0 Å². The van der Waals surface area contributed by atoms with Crippen molar-refractivity contribution in [2.24, 2.45) is 5.92 Å². The highest BCUT2D eigenvalue weighted by molar-refractivity contribution is 5.77. The van der Waals surface area contributed by atoms with Gasteiger partial charge in [-0.25, -0.2) is 4.79 Å². The maximum absolute atomic E-state index is 11.4. The number of rotatable bonds is 5. The van der Waals surface area contributed by atoms with E-state index in [1.807, 2.05) is 6.92 Å². The fraction of sp³-hybridized carbons (Fsp3) is 0.800. The number of carboxylic acids is 1. The number of unbranched alkanes of at least 4 members (excludes halogenated alkanes) is 1. The Morgan fingerprint density at radius 2 is 2.19 bits per heavy atom. The van der Waals surface area contributed by atoms with Crippen LogP contribution in [0.3, 0.4) is 0 Å². The van der Waals surface area contributed by atoms with Gasteiger partial charge in [-0.15, -0.1) is 0 Å². The highest BCUT2D eigenvalue weighted by atomic mass is 16.5. The Morgan fingerprint density at radius 1 is 1.44 bits per heavy atom. The van der Waals surface area contributed by atoms with Crippen LogP contribution in [-0.4, -0.2) is 42.9 Å². The Hall–Kier alpha value is -1.30. The fourth-order valence-electron chi connectivity index (χ4n) is 1.54. The van der Waals surface area contributed by atoms with Crippen LogP contribution in [0.25, 0.3) is 0 Å². The summed E-state index contributed by atoms with van der Waals surface area (Å²) < 4.78 is 5.03. The molecule has 1 aliphatic rings. The molecule has 16 heavy (non-hydrogen) atoms. The molecule has 1 heterocycles. The molecule has 0 radical (unpaired) electrons. The number of amides is 2. The van der Waals surface area contributed by atoms with Crippen LogP contribution in [0.2, 0.25) is 0 Å². The molecule has 0 aliphatic carbocycles. The summed E-state index contributed by atoms with van der Waals surface area (Å²) in [5, 5.41) is 14.1. The topological polar surface area (TPSA) is 87.7 Å². The van der Waals surface area contributed by atoms with Crippen molar-refractivity contribution in [2.45, 2.75) is 25.8 Å². The first-order chi connectivity index (χ1) is 7.65. The van der Waals surface area contributed by atoms with E-state index in [1.54, 1.807) is 0 Å². The van der Waals surface area contributed by atoms with Gasteiger partial charge in [-0.2, -0.15) is 0 Å². The van der Waals surface area contributed by atoms with Crippen LogP contribution in [0.4, 0.5) is 4.79 Å². The molecular weight excluding hydrogens is 212 g/mol. The summed E-state index contributed by atoms with van der Waals surface area (Å²) in [5.41, 5.74) is 0. The molecule has 3 N–H and O–H groups in total. The molecule has 0 aromatic carbocycles. The van der Waals surface area contributed by atoms with Crippen LogP contribution in [0.5, 0.6) is 0 Å². The number of ether oxygens (including phenoxy) is 1. The Kier molecular flexibility index (Phi) is 5.04. The maximum Gasteiger partial charge on any atom is 0.315 e. The predicted octanol–water partition coefficient (Wildman–Crippen LogP) is 0.185. The fourth-order valence-corrected chi connectivity index (χ4v) is 1.54. The minimum absolute atomic E-state index is 0.162. The molecular formula is C10H18N2O4. The second-order valence-corrected chi connectivity index (χ2v) is 3.84. The van der Waals surface area contributed by atoms with Gasteiger partial charge in [-0.1, -0.05) is 13.3 Å². The minimum Gasteiger partial charge on any atom is -0.481 e. The van der Waals surface area contributed by atoms with Crippen LogP contribution in [-0.2, 0) is 9.53 Å². The predicted molar refractivity (Wildman–Crippen MR) is 57.2 cm³/mol. The Labute approximate surface area is 94.3 Å². The summed E-state index contributed by atoms with van der Waals surface area (Å²) in [6.45, 7) is 3.06. The number of hydrogen-bond donors (Lipinski definition) is 3. The molecule has 1 aliphatic heterocycles. The van der Waals surface area contributed by atoms with Gasteiger partial charge in [0.2, 0.25) is 0 Å². The highest BCUT2D eigenvalue weighted by Crippen LogP contribution is 2.13. The first kappa shape index (κ1) is 12.8. The van der Waals surface area contributed by atoms with Gasteiger partial charge in [0.1, 0.15) is 5.92 Å². The van der Waals surface area contributed by atoms with E-state index in [9.17, 15) is 9.59 Å². The molecule has 1 saturated heterocycles. The van der Waals surface area contributed by atoms with Gasteiger partial charge in [-0.05, 0) is 6.42 Å². The van der Waals surface area contributed by atoms with Crippen LogP contribution in [0, 0.1) is 5.92 Å². The lowest BCUT2D eigenvalue weighted by Gasteiger charge is -2.15. The first-order valence-corrected chi connectivity index (χ1v) is 5.50. The van der Waals surface area contributed by atoms with Gasteiger partial charge in [0.15, 0.2) is 0 Å². The maximum atomic E-state index is 11.4. The zero-order chi connectivity index (χ0) is 12.0. The van der Waals surface area contributed by atoms with Crippen molar-refractivity contribution in [3.63, 3.8) is 0 Å². The Morgan fingerprint density at radius 3 is 2.81 bits per heavy atom. The standard InChI is InChI=1S/C10H18N2O4/c1-2-3-4-11-10(15)12-8-6-16-5-7(8)9(13)14/h7-8H,2-6H2,1H3,(H,13,14)(H2,11,12,15). The van der Waals surface area contributed by atoms with Gasteiger partial charge >= 0.3 is 12.0 Å². The van der Waals surface area contributed by atoms with Gasteiger partial charge in [0.05, 0.1) is 19.3 Å². The third kappa shape index (κ3) is 3.69. The molecule has 6 nitrogen and oxygen atoms in total. The van der Waals surface area contributed by atoms with Crippen LogP contribution in [0.1, 0.15) is 19.8 Å². The monoisotopic (exact) mass is 230 g/mol. The largest absolute Gasteiger partial charge is 0.481 e. The van der Waals surface area contributed by atoms with Crippen molar-refractivity contribution in [1.82, 2.24) is 10.6 Å². The molecule has 2 atom stereocenters. The number of nitrogens with one attached hydrogen (secondary N) is 2. The average molecular weight is 230 g/mol. The summed E-state index contributed by atoms with van der Waals surface area (Å²) in [5.74, 6) is -1.58. The summed E-state index contributed by atoms with van der Waals surface area (Å²) in [4.78, 5) is 22.2. The van der Waals surface area contributed by atoms with E-state index >= 15 is 0 Å². The minimum atomic E-state index is -0.934. The number of carbonyl (C=O) groups excluding carboxylic acids is 1. The van der Waals surface area contributed by atoms with Crippen molar-refractivity contribution in [1.29, 1.82) is 0 Å². The molecule has 0 bridgehead atoms. The summed E-state index contributed by atoms with van der Waals surface area (Å²) in [6.07, 6.45) is 1.92. The number of carbonyl (C=O) groups is 2. The molecule has 2 amide bonds. The number of carboxylic acid groups (broad SMARTS) is 1. The summed E-state index contributed by atoms with van der Waals surface area (Å²) in [7, 11) is 0. The highest BCUT2D eigenvalue weighted by Gasteiger charge is 2.34. The van der Waals surface area contributed by atoms with E-state index in [0.717, 1.165) is 12.8 Å². The Bertz CT molecular complexity index is 257. The average Bonchev–Trinajstić information content (AvgIpc) is 2.66. The lowest BCUT2D eigenvalue weighted by Crippen LogP contribution is -2.47. The normalized spacial score (nSPS) is 24.1. The number of hydrogen-bond acceptors (Lipinski definition) is 3. The lowest BCUT2D eigenvalue weighted by atomic mass is 10.0. The molecule has 2 unspecified atom stereocenters. The van der Waals surface area contributed by atoms with Crippen molar-refractivity contribution in [3.05, 3.63) is 0 Å². The van der Waals surface area contributed by atoms with Crippen LogP contribution >= 0.6 is 0 Å². The lowest BCUT2D eigenvalue weighted by molar-refractivity contribution is -0.142. The molecule has 92 valence electrons. The SMILES string of the molecule is CCCCNC(=O)NC1COCC1C(=O)O. The van der Waals surface area contributed by atoms with Crippen molar-refractivity contribution < 1.29 is 19.4 Å². The zero-order valence-electron chi connectivity index (χ0n) is 9.36. The molecule has 0 spiro atoms. The first-order valence-electron chi connectivity index (χ1n) is 5.50. The van der Waals surface area contributed by atoms with Crippen molar-refractivity contribution >= 4 is 12.0 Å². The number of urea groups is 1. The van der Waals surface area contributed by atoms with E-state index in [-0.39, 0.29) is 19.2 Å². The molecule has 1 fully saturated rings. The molecule has 6 heteroatoms. The van der Waals surface area contributed by atoms with E-state index < -0.39 is 17.9 Å². The van der Waals surface area contributed by atoms with Gasteiger partial charge in [0, 0.05) is 6.54 Å². The Balaban J connectivity index is 2.30. The van der Waals surface area contributed by atoms with Crippen molar-refractivity contribution in [2.75, 3.05) is 19.8 Å². The van der Waals surface area contributed by atoms with E-state index in [2.05, 4.69) is 10.6 Å². The van der Waals surface area contributed by atoms with Gasteiger partial charge < -0.3 is 20.5 Å². The second kappa shape index (κ2) is 6.32. The third-order valence-electron chi connectivity index (χ3n) is 2.53. The second-order valence-electron chi connectivity index (χ2n) is 3.84. The molecule has 0 aromatic heterocycles. The smallest absolute Gasteiger partial charge is 0.315 e. The van der Waals surface area contributed by atoms with Crippen LogP contribution in [0.15, 0.2) is 0 Å². The van der Waals surface area contributed by atoms with E-state index in [0.29, 0.717) is 6.54 Å². The summed E-state index contributed by atoms with van der Waals surface area (Å²) in [6, 6.07) is -0.755. The third-order valence-corrected chi connectivity index (χ3v) is 2.53. The van der Waals surface area contributed by atoms with Gasteiger partial charge in [-0.3, -0.25) is 4.79 Å². The summed E-state index contributed by atoms with van der Waals surface area (Å²) >= 11 is 0. The zero-order valence-corrected chi connectivity index (χ0v) is 9.36. The van der Waals surface area contributed by atoms with E-state index in [4.69, 9.17) is 9.84 Å².